The van der Waals surface area contributed by atoms with Crippen molar-refractivity contribution in [2.45, 2.75) is 26.2 Å². The Labute approximate surface area is 110 Å². The Morgan fingerprint density at radius 1 is 1.00 bits per heavy atom. The van der Waals surface area contributed by atoms with E-state index in [2.05, 4.69) is 11.8 Å². The van der Waals surface area contributed by atoms with Crippen molar-refractivity contribution in [1.29, 1.82) is 0 Å². The molecule has 0 N–H and O–H groups in total. The molecule has 0 aliphatic carbocycles. The number of hydrogen-bond acceptors (Lipinski definition) is 5. The van der Waals surface area contributed by atoms with Gasteiger partial charge in [0.25, 0.3) is 0 Å². The quantitative estimate of drug-likeness (QED) is 0.391. The highest BCUT2D eigenvalue weighted by Crippen LogP contribution is 1.96. The number of carbonyl (C=O) groups excluding carboxylic acids is 1. The number of carbonyl (C=O) groups is 1. The highest BCUT2D eigenvalue weighted by Gasteiger charge is 2.08. The maximum absolute atomic E-state index is 11.5. The lowest BCUT2D eigenvalue weighted by atomic mass is 10.3. The molecule has 0 aromatic heterocycles. The van der Waals surface area contributed by atoms with Gasteiger partial charge in [-0.2, -0.15) is 0 Å². The molecule has 0 rings (SSSR count). The van der Waals surface area contributed by atoms with E-state index in [9.17, 15) is 4.79 Å². The first-order chi connectivity index (χ1) is 8.74. The summed E-state index contributed by atoms with van der Waals surface area (Å²) in [6.45, 7) is 6.24. The van der Waals surface area contributed by atoms with Crippen LogP contribution in [0.25, 0.3) is 0 Å². The van der Waals surface area contributed by atoms with Crippen LogP contribution < -0.4 is 0 Å². The molecule has 0 atom stereocenters. The van der Waals surface area contributed by atoms with Crippen molar-refractivity contribution in [3.63, 3.8) is 0 Å². The van der Waals surface area contributed by atoms with Crippen LogP contribution in [0.15, 0.2) is 0 Å². The summed E-state index contributed by atoms with van der Waals surface area (Å²) < 4.78 is 15.2. The average molecular weight is 261 g/mol. The molecule has 0 saturated heterocycles. The Hall–Kier alpha value is -0.650. The van der Waals surface area contributed by atoms with Crippen LogP contribution in [0.5, 0.6) is 0 Å². The van der Waals surface area contributed by atoms with Gasteiger partial charge in [0.15, 0.2) is 0 Å². The molecule has 5 heteroatoms. The van der Waals surface area contributed by atoms with Crippen LogP contribution >= 0.6 is 0 Å². The third-order valence-corrected chi connectivity index (χ3v) is 2.62. The van der Waals surface area contributed by atoms with Gasteiger partial charge >= 0.3 is 5.97 Å². The predicted molar refractivity (Wildman–Crippen MR) is 70.7 cm³/mol. The molecule has 0 spiro atoms. The molecule has 0 heterocycles. The van der Waals surface area contributed by atoms with E-state index in [4.69, 9.17) is 14.2 Å². The summed E-state index contributed by atoms with van der Waals surface area (Å²) in [5.41, 5.74) is 0. The number of unbranched alkanes of at least 4 members (excludes halogenated alkanes) is 1. The molecule has 0 saturated carbocycles. The zero-order chi connectivity index (χ0) is 13.6. The van der Waals surface area contributed by atoms with Gasteiger partial charge in [-0.25, -0.2) is 0 Å². The number of nitrogens with zero attached hydrogens (tertiary/aromatic N) is 1. The summed E-state index contributed by atoms with van der Waals surface area (Å²) >= 11 is 0. The summed E-state index contributed by atoms with van der Waals surface area (Å²) in [6.07, 6.45) is 2.40. The second kappa shape index (κ2) is 12.8. The Bertz CT molecular complexity index is 191. The van der Waals surface area contributed by atoms with Gasteiger partial charge in [-0.05, 0) is 6.42 Å². The Kier molecular flexibility index (Phi) is 12.3. The first kappa shape index (κ1) is 17.4. The zero-order valence-electron chi connectivity index (χ0n) is 11.9. The molecule has 0 aromatic rings. The van der Waals surface area contributed by atoms with Crippen molar-refractivity contribution in [2.75, 3.05) is 53.7 Å². The second-order valence-electron chi connectivity index (χ2n) is 4.15. The maximum Gasteiger partial charge on any atom is 0.307 e. The van der Waals surface area contributed by atoms with Crippen LogP contribution in [0.3, 0.4) is 0 Å². The van der Waals surface area contributed by atoms with E-state index in [0.29, 0.717) is 32.8 Å². The van der Waals surface area contributed by atoms with E-state index in [1.165, 1.54) is 0 Å². The number of methoxy groups -OCH3 is 2. The van der Waals surface area contributed by atoms with Gasteiger partial charge in [0.1, 0.15) is 0 Å². The fraction of sp³-hybridized carbons (Fsp3) is 0.923. The molecule has 0 unspecified atom stereocenters. The van der Waals surface area contributed by atoms with Crippen LogP contribution in [-0.4, -0.2) is 64.5 Å². The molecule has 0 radical (unpaired) electrons. The minimum atomic E-state index is -0.122. The SMILES string of the molecule is CCCCOC(=O)CCN(CCOC)CCOC. The van der Waals surface area contributed by atoms with Crippen LogP contribution in [0.1, 0.15) is 26.2 Å². The van der Waals surface area contributed by atoms with E-state index >= 15 is 0 Å². The Balaban J connectivity index is 3.74. The van der Waals surface area contributed by atoms with Crippen molar-refractivity contribution in [3.8, 4) is 0 Å². The Morgan fingerprint density at radius 2 is 1.61 bits per heavy atom. The minimum absolute atomic E-state index is 0.122. The topological polar surface area (TPSA) is 48.0 Å². The highest BCUT2D eigenvalue weighted by atomic mass is 16.5. The van der Waals surface area contributed by atoms with Gasteiger partial charge in [-0.1, -0.05) is 13.3 Å². The molecule has 5 nitrogen and oxygen atoms in total. The van der Waals surface area contributed by atoms with Crippen LogP contribution in [0.2, 0.25) is 0 Å². The molecule has 18 heavy (non-hydrogen) atoms. The molecule has 0 aromatic carbocycles. The van der Waals surface area contributed by atoms with Gasteiger partial charge < -0.3 is 14.2 Å². The fourth-order valence-corrected chi connectivity index (χ4v) is 1.43. The smallest absolute Gasteiger partial charge is 0.307 e. The molecular weight excluding hydrogens is 234 g/mol. The van der Waals surface area contributed by atoms with Crippen LogP contribution in [0.4, 0.5) is 0 Å². The first-order valence-corrected chi connectivity index (χ1v) is 6.60. The van der Waals surface area contributed by atoms with Crippen molar-refractivity contribution >= 4 is 5.97 Å². The largest absolute Gasteiger partial charge is 0.466 e. The van der Waals surface area contributed by atoms with E-state index in [1.807, 2.05) is 0 Å². The van der Waals surface area contributed by atoms with Gasteiger partial charge in [0, 0.05) is 33.9 Å². The van der Waals surface area contributed by atoms with Crippen molar-refractivity contribution in [2.24, 2.45) is 0 Å². The normalized spacial score (nSPS) is 10.9. The maximum atomic E-state index is 11.5. The third-order valence-electron chi connectivity index (χ3n) is 2.62. The second-order valence-corrected chi connectivity index (χ2v) is 4.15. The molecule has 0 bridgehead atoms. The molecule has 108 valence electrons. The summed E-state index contributed by atoms with van der Waals surface area (Å²) in [5, 5.41) is 0. The van der Waals surface area contributed by atoms with E-state index in [0.717, 1.165) is 25.9 Å². The van der Waals surface area contributed by atoms with Crippen LogP contribution in [-0.2, 0) is 19.0 Å². The van der Waals surface area contributed by atoms with Crippen molar-refractivity contribution in [1.82, 2.24) is 4.90 Å². The van der Waals surface area contributed by atoms with Crippen molar-refractivity contribution < 1.29 is 19.0 Å². The third kappa shape index (κ3) is 10.5. The van der Waals surface area contributed by atoms with Crippen LogP contribution in [0, 0.1) is 0 Å². The fourth-order valence-electron chi connectivity index (χ4n) is 1.43. The molecule has 0 fully saturated rings. The van der Waals surface area contributed by atoms with E-state index in [-0.39, 0.29) is 5.97 Å². The number of rotatable bonds is 12. The average Bonchev–Trinajstić information content (AvgIpc) is 2.38. The minimum Gasteiger partial charge on any atom is -0.466 e. The lowest BCUT2D eigenvalue weighted by molar-refractivity contribution is -0.144. The standard InChI is InChI=1S/C13H27NO4/c1-4-5-10-18-13(15)6-7-14(8-11-16-2)9-12-17-3/h4-12H2,1-3H3. The van der Waals surface area contributed by atoms with E-state index < -0.39 is 0 Å². The summed E-state index contributed by atoms with van der Waals surface area (Å²) in [6, 6.07) is 0. The van der Waals surface area contributed by atoms with Gasteiger partial charge in [0.05, 0.1) is 26.2 Å². The molecule has 0 amide bonds. The number of hydrogen-bond donors (Lipinski definition) is 0. The van der Waals surface area contributed by atoms with Gasteiger partial charge in [-0.15, -0.1) is 0 Å². The lowest BCUT2D eigenvalue weighted by Crippen LogP contribution is -2.33. The first-order valence-electron chi connectivity index (χ1n) is 6.60. The predicted octanol–water partition coefficient (Wildman–Crippen LogP) is 1.31. The van der Waals surface area contributed by atoms with Gasteiger partial charge in [-0.3, -0.25) is 9.69 Å². The lowest BCUT2D eigenvalue weighted by Gasteiger charge is -2.20. The zero-order valence-corrected chi connectivity index (χ0v) is 11.9. The summed E-state index contributed by atoms with van der Waals surface area (Å²) in [7, 11) is 3.35. The van der Waals surface area contributed by atoms with E-state index in [1.54, 1.807) is 14.2 Å². The van der Waals surface area contributed by atoms with Gasteiger partial charge in [0.2, 0.25) is 0 Å². The molecular formula is C13H27NO4. The monoisotopic (exact) mass is 261 g/mol. The van der Waals surface area contributed by atoms with Crippen molar-refractivity contribution in [3.05, 3.63) is 0 Å². The highest BCUT2D eigenvalue weighted by molar-refractivity contribution is 5.69. The summed E-state index contributed by atoms with van der Waals surface area (Å²) in [4.78, 5) is 13.6. The number of ether oxygens (including phenoxy) is 3. The Morgan fingerprint density at radius 3 is 2.11 bits per heavy atom. The molecule has 0 aliphatic rings. The summed E-state index contributed by atoms with van der Waals surface area (Å²) in [5.74, 6) is -0.122. The molecule has 0 aliphatic heterocycles. The number of esters is 1.